The molecule has 0 saturated heterocycles. The molecule has 0 N–H and O–H groups in total. The maximum absolute atomic E-state index is 9.64. The van der Waals surface area contributed by atoms with Crippen molar-refractivity contribution in [2.75, 3.05) is 0 Å². The van der Waals surface area contributed by atoms with Crippen molar-refractivity contribution < 1.29 is 25.2 Å². The van der Waals surface area contributed by atoms with Crippen molar-refractivity contribution in [1.82, 2.24) is 9.78 Å². The van der Waals surface area contributed by atoms with Gasteiger partial charge in [-0.15, -0.1) is 12.3 Å². The Kier molecular flexibility index (Phi) is 3.33. The quantitative estimate of drug-likeness (QED) is 0.466. The van der Waals surface area contributed by atoms with Gasteiger partial charge in [0.25, 0.3) is 0 Å². The van der Waals surface area contributed by atoms with Gasteiger partial charge in [0.2, 0.25) is 0 Å². The van der Waals surface area contributed by atoms with Gasteiger partial charge in [-0.2, -0.15) is 0 Å². The van der Waals surface area contributed by atoms with E-state index in [9.17, 15) is 4.79 Å². The third kappa shape index (κ3) is 1.57. The van der Waals surface area contributed by atoms with E-state index in [1.165, 1.54) is 12.4 Å². The van der Waals surface area contributed by atoms with Gasteiger partial charge in [-0.05, 0) is 0 Å². The molecule has 0 saturated carbocycles. The van der Waals surface area contributed by atoms with E-state index in [1.54, 1.807) is 12.5 Å². The van der Waals surface area contributed by atoms with Gasteiger partial charge >= 0.3 is 0 Å². The zero-order valence-corrected chi connectivity index (χ0v) is 5.41. The van der Waals surface area contributed by atoms with Gasteiger partial charge in [-0.25, -0.2) is 5.10 Å². The molecule has 0 aliphatic carbocycles. The minimum Gasteiger partial charge on any atom is -0.397 e. The van der Waals surface area contributed by atoms with Crippen LogP contribution in [0.4, 0.5) is 0 Å². The molecule has 0 amide bonds. The molecular weight excluding hydrogens is 198 g/mol. The normalized spacial score (nSPS) is 7.50. The zero-order chi connectivity index (χ0) is 5.11. The van der Waals surface area contributed by atoms with Crippen LogP contribution < -0.4 is 0 Å². The predicted octanol–water partition coefficient (Wildman–Crippen LogP) is -0.204. The first-order valence-corrected chi connectivity index (χ1v) is 1.81. The second-order valence-corrected chi connectivity index (χ2v) is 1.04. The van der Waals surface area contributed by atoms with Crippen molar-refractivity contribution in [3.63, 3.8) is 0 Å². The Labute approximate surface area is 60.3 Å². The van der Waals surface area contributed by atoms with Crippen LogP contribution in [0.2, 0.25) is 0 Å². The summed E-state index contributed by atoms with van der Waals surface area (Å²) in [5.41, 5.74) is 0. The Morgan fingerprint density at radius 3 is 2.62 bits per heavy atom. The zero-order valence-electron chi connectivity index (χ0n) is 3.85. The SMILES string of the molecule is O=[C-]n1cccn1.[Pd]. The first-order valence-electron chi connectivity index (χ1n) is 1.81. The maximum atomic E-state index is 9.64. The molecule has 0 spiro atoms. The molecule has 0 aliphatic rings. The van der Waals surface area contributed by atoms with Crippen molar-refractivity contribution >= 4 is 6.41 Å². The summed E-state index contributed by atoms with van der Waals surface area (Å²) in [5.74, 6) is 0. The molecule has 0 fully saturated rings. The smallest absolute Gasteiger partial charge is 0.0933 e. The van der Waals surface area contributed by atoms with Crippen LogP contribution in [0, 0.1) is 0 Å². The molecule has 8 heavy (non-hydrogen) atoms. The summed E-state index contributed by atoms with van der Waals surface area (Å²) in [6, 6.07) is 1.66. The van der Waals surface area contributed by atoms with Gasteiger partial charge in [-0.1, -0.05) is 0 Å². The monoisotopic (exact) mass is 201 g/mol. The predicted molar refractivity (Wildman–Crippen MR) is 23.3 cm³/mol. The molecule has 0 aliphatic heterocycles. The van der Waals surface area contributed by atoms with Crippen molar-refractivity contribution in [3.05, 3.63) is 18.5 Å². The molecular formula is C4H3N2OPd-. The average Bonchev–Trinajstić information content (AvgIpc) is 2.14. The summed E-state index contributed by atoms with van der Waals surface area (Å²) < 4.78 is 1.07. The van der Waals surface area contributed by atoms with Crippen LogP contribution in [0.25, 0.3) is 0 Å². The molecule has 1 aromatic heterocycles. The van der Waals surface area contributed by atoms with Gasteiger partial charge in [0.1, 0.15) is 0 Å². The second-order valence-electron chi connectivity index (χ2n) is 1.04. The van der Waals surface area contributed by atoms with E-state index in [4.69, 9.17) is 0 Å². The molecule has 4 heteroatoms. The van der Waals surface area contributed by atoms with Crippen molar-refractivity contribution in [3.8, 4) is 0 Å². The van der Waals surface area contributed by atoms with E-state index in [-0.39, 0.29) is 20.4 Å². The number of carbonyl (C=O) groups excluding carboxylic acids is 1. The molecule has 0 unspecified atom stereocenters. The van der Waals surface area contributed by atoms with Crippen LogP contribution in [0.15, 0.2) is 18.5 Å². The van der Waals surface area contributed by atoms with E-state index < -0.39 is 0 Å². The summed E-state index contributed by atoms with van der Waals surface area (Å²) in [6.07, 6.45) is 4.60. The first-order chi connectivity index (χ1) is 3.43. The van der Waals surface area contributed by atoms with Gasteiger partial charge in [0.15, 0.2) is 0 Å². The number of rotatable bonds is 1. The van der Waals surface area contributed by atoms with E-state index in [0.717, 1.165) is 4.68 Å². The topological polar surface area (TPSA) is 34.9 Å². The fourth-order valence-corrected chi connectivity index (χ4v) is 0.323. The Morgan fingerprint density at radius 1 is 1.62 bits per heavy atom. The van der Waals surface area contributed by atoms with E-state index in [0.29, 0.717) is 0 Å². The molecule has 0 atom stereocenters. The molecule has 1 rings (SSSR count). The molecule has 0 bridgehead atoms. The summed E-state index contributed by atoms with van der Waals surface area (Å²) in [4.78, 5) is 9.64. The molecule has 46 valence electrons. The van der Waals surface area contributed by atoms with Crippen LogP contribution in [0.3, 0.4) is 0 Å². The Balaban J connectivity index is 0.000000490. The van der Waals surface area contributed by atoms with E-state index in [2.05, 4.69) is 5.10 Å². The second kappa shape index (κ2) is 3.53. The van der Waals surface area contributed by atoms with Crippen molar-refractivity contribution in [1.29, 1.82) is 0 Å². The van der Waals surface area contributed by atoms with Crippen LogP contribution in [-0.4, -0.2) is 16.2 Å². The molecule has 0 aromatic carbocycles. The third-order valence-electron chi connectivity index (χ3n) is 0.598. The Bertz CT molecular complexity index is 149. The summed E-state index contributed by atoms with van der Waals surface area (Å²) >= 11 is 0. The number of nitrogens with zero attached hydrogens (tertiary/aromatic N) is 2. The van der Waals surface area contributed by atoms with Gasteiger partial charge < -0.3 is 9.48 Å². The fraction of sp³-hybridized carbons (Fsp3) is 0. The first kappa shape index (κ1) is 7.54. The Morgan fingerprint density at radius 2 is 2.38 bits per heavy atom. The average molecular weight is 202 g/mol. The third-order valence-corrected chi connectivity index (χ3v) is 0.598. The molecule has 1 heterocycles. The van der Waals surface area contributed by atoms with Crippen LogP contribution in [-0.2, 0) is 25.2 Å². The van der Waals surface area contributed by atoms with Crippen LogP contribution >= 0.6 is 0 Å². The van der Waals surface area contributed by atoms with Gasteiger partial charge in [0.05, 0.1) is 6.41 Å². The minimum absolute atomic E-state index is 0. The molecule has 3 nitrogen and oxygen atoms in total. The molecule has 1 aromatic rings. The fourth-order valence-electron chi connectivity index (χ4n) is 0.323. The summed E-state index contributed by atoms with van der Waals surface area (Å²) in [6.45, 7) is 0. The number of hydrogen-bond acceptors (Lipinski definition) is 2. The van der Waals surface area contributed by atoms with Gasteiger partial charge in [0, 0.05) is 26.6 Å². The molecule has 0 radical (unpaired) electrons. The standard InChI is InChI=1S/C4H3N2O.Pd/c7-4-6-3-1-2-5-6;/h1-3H;/q-1;. The number of hydrogen-bond donors (Lipinski definition) is 0. The summed E-state index contributed by atoms with van der Waals surface area (Å²) in [7, 11) is 0. The summed E-state index contributed by atoms with van der Waals surface area (Å²) in [5, 5.41) is 3.53. The Hall–Kier alpha value is -0.458. The number of aromatic nitrogens is 2. The van der Waals surface area contributed by atoms with Crippen LogP contribution in [0.5, 0.6) is 0 Å². The van der Waals surface area contributed by atoms with E-state index >= 15 is 0 Å². The van der Waals surface area contributed by atoms with Crippen molar-refractivity contribution in [2.24, 2.45) is 0 Å². The van der Waals surface area contributed by atoms with Crippen LogP contribution in [0.1, 0.15) is 0 Å². The van der Waals surface area contributed by atoms with Crippen molar-refractivity contribution in [2.45, 2.75) is 0 Å². The minimum atomic E-state index is 0. The van der Waals surface area contributed by atoms with Gasteiger partial charge in [-0.3, -0.25) is 0 Å². The maximum Gasteiger partial charge on any atom is 0.0933 e. The van der Waals surface area contributed by atoms with E-state index in [1.807, 2.05) is 0 Å². The largest absolute Gasteiger partial charge is 0.397 e.